The van der Waals surface area contributed by atoms with Crippen molar-refractivity contribution in [3.8, 4) is 0 Å². The second kappa shape index (κ2) is 6.12. The molecule has 0 radical (unpaired) electrons. The van der Waals surface area contributed by atoms with Gasteiger partial charge in [-0.25, -0.2) is 0 Å². The topological polar surface area (TPSA) is 9.23 Å². The van der Waals surface area contributed by atoms with Gasteiger partial charge in [0.1, 0.15) is 0 Å². The Hall–Kier alpha value is -0.820. The molecular formula is C20H32O. The van der Waals surface area contributed by atoms with Crippen LogP contribution in [0.3, 0.4) is 0 Å². The van der Waals surface area contributed by atoms with Crippen LogP contribution in [-0.4, -0.2) is 11.7 Å². The van der Waals surface area contributed by atoms with E-state index in [1.165, 1.54) is 36.8 Å². The predicted molar refractivity (Wildman–Crippen MR) is 91.3 cm³/mol. The van der Waals surface area contributed by atoms with Crippen molar-refractivity contribution >= 4 is 0 Å². The van der Waals surface area contributed by atoms with Crippen LogP contribution in [0.2, 0.25) is 0 Å². The zero-order valence-corrected chi connectivity index (χ0v) is 14.2. The van der Waals surface area contributed by atoms with E-state index in [0.29, 0.717) is 11.3 Å². The molecule has 21 heavy (non-hydrogen) atoms. The van der Waals surface area contributed by atoms with E-state index in [1.807, 2.05) is 6.08 Å². The Morgan fingerprint density at radius 3 is 2.62 bits per heavy atom. The first-order valence-electron chi connectivity index (χ1n) is 8.44. The first-order chi connectivity index (χ1) is 9.77. The molecule has 2 rings (SSSR count). The standard InChI is InChI=1S/C20H32O/c1-7-20(6)14-12-18(21-20)16(3)10-11-17-15(2)9-8-13-19(17,4)5/h7,17-18H,1-3,8-14H2,4-6H3. The highest BCUT2D eigenvalue weighted by atomic mass is 16.5. The van der Waals surface area contributed by atoms with Crippen LogP contribution in [0.25, 0.3) is 0 Å². The van der Waals surface area contributed by atoms with Gasteiger partial charge in [-0.3, -0.25) is 0 Å². The van der Waals surface area contributed by atoms with Gasteiger partial charge in [-0.2, -0.15) is 0 Å². The van der Waals surface area contributed by atoms with Gasteiger partial charge < -0.3 is 4.74 Å². The minimum absolute atomic E-state index is 0.151. The van der Waals surface area contributed by atoms with Crippen LogP contribution in [0.5, 0.6) is 0 Å². The molecule has 1 heteroatoms. The van der Waals surface area contributed by atoms with E-state index < -0.39 is 0 Å². The molecule has 0 bridgehead atoms. The van der Waals surface area contributed by atoms with E-state index in [4.69, 9.17) is 4.74 Å². The summed E-state index contributed by atoms with van der Waals surface area (Å²) in [6, 6.07) is 0. The molecule has 1 saturated heterocycles. The Kier molecular flexibility index (Phi) is 4.82. The summed E-state index contributed by atoms with van der Waals surface area (Å²) in [5.41, 5.74) is 2.94. The molecule has 0 spiro atoms. The smallest absolute Gasteiger partial charge is 0.0841 e. The van der Waals surface area contributed by atoms with Gasteiger partial charge in [0.2, 0.25) is 0 Å². The molecule has 1 aliphatic carbocycles. The molecule has 0 aromatic rings. The zero-order chi connectivity index (χ0) is 15.7. The third kappa shape index (κ3) is 3.69. The molecule has 118 valence electrons. The number of hydrogen-bond acceptors (Lipinski definition) is 1. The fourth-order valence-electron chi connectivity index (χ4n) is 4.06. The Balaban J connectivity index is 1.89. The van der Waals surface area contributed by atoms with Crippen molar-refractivity contribution in [3.63, 3.8) is 0 Å². The largest absolute Gasteiger partial charge is 0.364 e. The first kappa shape index (κ1) is 16.5. The van der Waals surface area contributed by atoms with Gasteiger partial charge >= 0.3 is 0 Å². The lowest BCUT2D eigenvalue weighted by molar-refractivity contribution is 0.0202. The summed E-state index contributed by atoms with van der Waals surface area (Å²) in [7, 11) is 0. The molecule has 0 N–H and O–H groups in total. The van der Waals surface area contributed by atoms with E-state index in [-0.39, 0.29) is 11.7 Å². The number of ether oxygens (including phenoxy) is 1. The normalized spacial score (nSPS) is 35.7. The average Bonchev–Trinajstić information content (AvgIpc) is 2.81. The first-order valence-corrected chi connectivity index (χ1v) is 8.44. The molecule has 0 aromatic heterocycles. The molecular weight excluding hydrogens is 256 g/mol. The minimum atomic E-state index is -0.151. The molecule has 1 saturated carbocycles. The molecule has 3 atom stereocenters. The lowest BCUT2D eigenvalue weighted by Crippen LogP contribution is -2.30. The van der Waals surface area contributed by atoms with Crippen molar-refractivity contribution in [2.24, 2.45) is 11.3 Å². The molecule has 0 amide bonds. The summed E-state index contributed by atoms with van der Waals surface area (Å²) in [5.74, 6) is 0.634. The second-order valence-corrected chi connectivity index (χ2v) is 7.91. The van der Waals surface area contributed by atoms with Crippen LogP contribution in [0, 0.1) is 11.3 Å². The van der Waals surface area contributed by atoms with Crippen molar-refractivity contribution in [3.05, 3.63) is 37.0 Å². The molecule has 3 unspecified atom stereocenters. The summed E-state index contributed by atoms with van der Waals surface area (Å²) in [6.07, 6.45) is 10.3. The quantitative estimate of drug-likeness (QED) is 0.578. The van der Waals surface area contributed by atoms with E-state index in [0.717, 1.165) is 19.3 Å². The van der Waals surface area contributed by atoms with Gasteiger partial charge in [0.25, 0.3) is 0 Å². The summed E-state index contributed by atoms with van der Waals surface area (Å²) >= 11 is 0. The maximum atomic E-state index is 6.14. The van der Waals surface area contributed by atoms with E-state index in [1.54, 1.807) is 0 Å². The maximum Gasteiger partial charge on any atom is 0.0841 e. The van der Waals surface area contributed by atoms with Crippen LogP contribution >= 0.6 is 0 Å². The van der Waals surface area contributed by atoms with Crippen molar-refractivity contribution < 1.29 is 4.74 Å². The number of hydrogen-bond donors (Lipinski definition) is 0. The average molecular weight is 288 g/mol. The Bertz CT molecular complexity index is 431. The maximum absolute atomic E-state index is 6.14. The summed E-state index contributed by atoms with van der Waals surface area (Å²) in [6.45, 7) is 19.4. The highest BCUT2D eigenvalue weighted by Gasteiger charge is 2.37. The van der Waals surface area contributed by atoms with Gasteiger partial charge in [-0.05, 0) is 68.8 Å². The van der Waals surface area contributed by atoms with Crippen LogP contribution in [0.1, 0.15) is 65.7 Å². The summed E-state index contributed by atoms with van der Waals surface area (Å²) < 4.78 is 6.14. The van der Waals surface area contributed by atoms with Crippen molar-refractivity contribution in [1.82, 2.24) is 0 Å². The molecule has 1 nitrogen and oxygen atoms in total. The molecule has 1 heterocycles. The Labute approximate surface area is 131 Å². The molecule has 2 fully saturated rings. The van der Waals surface area contributed by atoms with Gasteiger partial charge in [0.15, 0.2) is 0 Å². The van der Waals surface area contributed by atoms with Crippen molar-refractivity contribution in [2.75, 3.05) is 0 Å². The van der Waals surface area contributed by atoms with Crippen LogP contribution in [0.4, 0.5) is 0 Å². The third-order valence-electron chi connectivity index (χ3n) is 5.71. The number of allylic oxidation sites excluding steroid dienone is 1. The monoisotopic (exact) mass is 288 g/mol. The van der Waals surface area contributed by atoms with Crippen LogP contribution < -0.4 is 0 Å². The zero-order valence-electron chi connectivity index (χ0n) is 14.2. The van der Waals surface area contributed by atoms with Gasteiger partial charge in [-0.1, -0.05) is 38.7 Å². The summed E-state index contributed by atoms with van der Waals surface area (Å²) in [5, 5.41) is 0. The molecule has 0 aromatic carbocycles. The van der Waals surface area contributed by atoms with Crippen LogP contribution in [0.15, 0.2) is 37.0 Å². The van der Waals surface area contributed by atoms with E-state index in [9.17, 15) is 0 Å². The second-order valence-electron chi connectivity index (χ2n) is 7.91. The van der Waals surface area contributed by atoms with Gasteiger partial charge in [0, 0.05) is 0 Å². The molecule has 1 aliphatic heterocycles. The highest BCUT2D eigenvalue weighted by molar-refractivity contribution is 5.14. The van der Waals surface area contributed by atoms with Gasteiger partial charge in [0.05, 0.1) is 11.7 Å². The molecule has 2 aliphatic rings. The predicted octanol–water partition coefficient (Wildman–Crippen LogP) is 5.83. The SMILES string of the molecule is C=CC1(C)CCC(C(=C)CCC2C(=C)CCCC2(C)C)O1. The fourth-order valence-corrected chi connectivity index (χ4v) is 4.06. The third-order valence-corrected chi connectivity index (χ3v) is 5.71. The lowest BCUT2D eigenvalue weighted by atomic mass is 9.65. The van der Waals surface area contributed by atoms with Crippen molar-refractivity contribution in [2.45, 2.75) is 77.4 Å². The van der Waals surface area contributed by atoms with Gasteiger partial charge in [-0.15, -0.1) is 6.58 Å². The summed E-state index contributed by atoms with van der Waals surface area (Å²) in [4.78, 5) is 0. The Morgan fingerprint density at radius 2 is 2.05 bits per heavy atom. The fraction of sp³-hybridized carbons (Fsp3) is 0.700. The lowest BCUT2D eigenvalue weighted by Gasteiger charge is -2.40. The van der Waals surface area contributed by atoms with Crippen LogP contribution in [-0.2, 0) is 4.74 Å². The highest BCUT2D eigenvalue weighted by Crippen LogP contribution is 2.46. The minimum Gasteiger partial charge on any atom is -0.364 e. The Morgan fingerprint density at radius 1 is 1.33 bits per heavy atom. The van der Waals surface area contributed by atoms with E-state index >= 15 is 0 Å². The van der Waals surface area contributed by atoms with Crippen molar-refractivity contribution in [1.29, 1.82) is 0 Å². The number of rotatable bonds is 5. The van der Waals surface area contributed by atoms with E-state index in [2.05, 4.69) is 40.5 Å².